The summed E-state index contributed by atoms with van der Waals surface area (Å²) in [4.78, 5) is 16.7. The minimum Gasteiger partial charge on any atom is -0.487 e. The fourth-order valence-corrected chi connectivity index (χ4v) is 4.86. The number of carbonyl (C=O) groups excluding carboxylic acids is 1. The average molecular weight is 475 g/mol. The first kappa shape index (κ1) is 22.1. The molecule has 0 unspecified atom stereocenters. The van der Waals surface area contributed by atoms with E-state index in [0.717, 1.165) is 36.8 Å². The zero-order chi connectivity index (χ0) is 22.0. The van der Waals surface area contributed by atoms with E-state index in [-0.39, 0.29) is 11.9 Å². The van der Waals surface area contributed by atoms with Crippen molar-refractivity contribution < 1.29 is 9.53 Å². The summed E-state index contributed by atoms with van der Waals surface area (Å²) in [5, 5.41) is 1.71. The maximum absolute atomic E-state index is 13.1. The molecule has 4 rings (SSSR count). The molecule has 0 radical (unpaired) electrons. The molecule has 0 N–H and O–H groups in total. The predicted molar refractivity (Wildman–Crippen MR) is 129 cm³/mol. The van der Waals surface area contributed by atoms with Gasteiger partial charge in [0.1, 0.15) is 18.1 Å². The molecule has 1 aliphatic heterocycles. The van der Waals surface area contributed by atoms with Crippen molar-refractivity contribution in [3.05, 3.63) is 69.3 Å². The normalized spacial score (nSPS) is 18.9. The Bertz CT molecular complexity index is 1030. The van der Waals surface area contributed by atoms with E-state index in [1.807, 2.05) is 49.5 Å². The molecule has 2 aromatic carbocycles. The van der Waals surface area contributed by atoms with Crippen molar-refractivity contribution in [2.75, 3.05) is 7.05 Å². The van der Waals surface area contributed by atoms with Crippen molar-refractivity contribution in [3.63, 3.8) is 0 Å². The van der Waals surface area contributed by atoms with E-state index < -0.39 is 0 Å². The predicted octanol–water partition coefficient (Wildman–Crippen LogP) is 6.30. The number of likely N-dealkylation sites (N-methyl/N-ethyl adjacent to an activating group) is 1. The second-order valence-electron chi connectivity index (χ2n) is 7.91. The van der Waals surface area contributed by atoms with Crippen molar-refractivity contribution in [2.45, 2.75) is 44.8 Å². The highest BCUT2D eigenvalue weighted by Crippen LogP contribution is 2.32. The number of ether oxygens (including phenoxy) is 1. The minimum atomic E-state index is -0.0328. The van der Waals surface area contributed by atoms with Crippen LogP contribution in [0.15, 0.2) is 48.2 Å². The molecule has 2 aliphatic rings. The van der Waals surface area contributed by atoms with Gasteiger partial charge < -0.3 is 9.64 Å². The van der Waals surface area contributed by atoms with Crippen molar-refractivity contribution >= 4 is 52.5 Å². The summed E-state index contributed by atoms with van der Waals surface area (Å²) >= 11 is 18.2. The number of carbonyl (C=O) groups is 1. The Balaban J connectivity index is 1.50. The Morgan fingerprint density at radius 1 is 1.10 bits per heavy atom. The number of benzene rings is 2. The SMILES string of the molecule is CN1C(=S)N(C2CCCCC2)C(=O)/C1=C/c1ccc(OCc2ccccc2Cl)c(Cl)c1. The Labute approximate surface area is 198 Å². The topological polar surface area (TPSA) is 32.8 Å². The number of amides is 1. The first-order valence-electron chi connectivity index (χ1n) is 10.4. The van der Waals surface area contributed by atoms with Crippen LogP contribution in [0.3, 0.4) is 0 Å². The lowest BCUT2D eigenvalue weighted by molar-refractivity contribution is -0.124. The lowest BCUT2D eigenvalue weighted by atomic mass is 9.94. The molecule has 1 saturated carbocycles. The number of hydrogen-bond acceptors (Lipinski definition) is 3. The molecule has 0 aromatic heterocycles. The van der Waals surface area contributed by atoms with E-state index in [4.69, 9.17) is 40.2 Å². The minimum absolute atomic E-state index is 0.0328. The van der Waals surface area contributed by atoms with Gasteiger partial charge in [0.05, 0.1) is 5.02 Å². The van der Waals surface area contributed by atoms with Gasteiger partial charge in [-0.3, -0.25) is 9.69 Å². The van der Waals surface area contributed by atoms with Gasteiger partial charge in [0.15, 0.2) is 5.11 Å². The van der Waals surface area contributed by atoms with Gasteiger partial charge in [0.2, 0.25) is 0 Å². The summed E-state index contributed by atoms with van der Waals surface area (Å²) in [7, 11) is 1.84. The van der Waals surface area contributed by atoms with Crippen molar-refractivity contribution in [1.82, 2.24) is 9.80 Å². The first-order chi connectivity index (χ1) is 15.0. The maximum atomic E-state index is 13.1. The van der Waals surface area contributed by atoms with Crippen LogP contribution in [-0.4, -0.2) is 33.9 Å². The quantitative estimate of drug-likeness (QED) is 0.375. The van der Waals surface area contributed by atoms with Gasteiger partial charge in [-0.2, -0.15) is 0 Å². The van der Waals surface area contributed by atoms with Gasteiger partial charge in [0, 0.05) is 23.7 Å². The molecule has 4 nitrogen and oxygen atoms in total. The third-order valence-corrected chi connectivity index (χ3v) is 6.97. The van der Waals surface area contributed by atoms with Crippen LogP contribution >= 0.6 is 35.4 Å². The number of nitrogens with zero attached hydrogens (tertiary/aromatic N) is 2. The molecule has 2 fully saturated rings. The molecule has 1 amide bonds. The van der Waals surface area contributed by atoms with Crippen LogP contribution in [0.2, 0.25) is 10.0 Å². The Morgan fingerprint density at radius 2 is 1.84 bits per heavy atom. The van der Waals surface area contributed by atoms with Crippen LogP contribution in [0.5, 0.6) is 5.75 Å². The van der Waals surface area contributed by atoms with E-state index in [1.165, 1.54) is 6.42 Å². The monoisotopic (exact) mass is 474 g/mol. The van der Waals surface area contributed by atoms with Gasteiger partial charge in [-0.25, -0.2) is 0 Å². The van der Waals surface area contributed by atoms with Gasteiger partial charge in [-0.05, 0) is 54.9 Å². The Kier molecular flexibility index (Phi) is 6.85. The molecule has 2 aromatic rings. The molecule has 0 spiro atoms. The fraction of sp³-hybridized carbons (Fsp3) is 0.333. The smallest absolute Gasteiger partial charge is 0.277 e. The largest absolute Gasteiger partial charge is 0.487 e. The molecule has 31 heavy (non-hydrogen) atoms. The van der Waals surface area contributed by atoms with Crippen LogP contribution in [0.1, 0.15) is 43.2 Å². The van der Waals surface area contributed by atoms with Gasteiger partial charge in [-0.15, -0.1) is 0 Å². The number of rotatable bonds is 5. The summed E-state index contributed by atoms with van der Waals surface area (Å²) in [5.41, 5.74) is 2.27. The zero-order valence-electron chi connectivity index (χ0n) is 17.3. The molecule has 0 bridgehead atoms. The van der Waals surface area contributed by atoms with Crippen LogP contribution in [0.25, 0.3) is 6.08 Å². The van der Waals surface area contributed by atoms with Crippen LogP contribution < -0.4 is 4.74 Å². The second-order valence-corrected chi connectivity index (χ2v) is 9.09. The van der Waals surface area contributed by atoms with Gasteiger partial charge in [0.25, 0.3) is 5.91 Å². The highest BCUT2D eigenvalue weighted by Gasteiger charge is 2.40. The highest BCUT2D eigenvalue weighted by molar-refractivity contribution is 7.80. The molecule has 7 heteroatoms. The standard InChI is InChI=1S/C24H24Cl2N2O2S/c1-27-21(23(29)28(24(27)31)18-8-3-2-4-9-18)14-16-11-12-22(20(26)13-16)30-15-17-7-5-6-10-19(17)25/h5-7,10-14,18H,2-4,8-9,15H2,1H3/b21-14-. The summed E-state index contributed by atoms with van der Waals surface area (Å²) in [6.07, 6.45) is 7.37. The molecule has 1 aliphatic carbocycles. The third kappa shape index (κ3) is 4.74. The third-order valence-electron chi connectivity index (χ3n) is 5.83. The molecular weight excluding hydrogens is 451 g/mol. The number of hydrogen-bond donors (Lipinski definition) is 0. The first-order valence-corrected chi connectivity index (χ1v) is 11.6. The average Bonchev–Trinajstić information content (AvgIpc) is 2.98. The summed E-state index contributed by atoms with van der Waals surface area (Å²) in [6, 6.07) is 13.2. The zero-order valence-corrected chi connectivity index (χ0v) is 19.6. The van der Waals surface area contributed by atoms with Crippen LogP contribution in [-0.2, 0) is 11.4 Å². The van der Waals surface area contributed by atoms with Crippen LogP contribution in [0.4, 0.5) is 0 Å². The lowest BCUT2D eigenvalue weighted by Crippen LogP contribution is -2.41. The Hall–Kier alpha value is -2.08. The van der Waals surface area contributed by atoms with Crippen molar-refractivity contribution in [2.24, 2.45) is 0 Å². The fourth-order valence-electron chi connectivity index (χ4n) is 4.09. The van der Waals surface area contributed by atoms with Gasteiger partial charge in [-0.1, -0.05) is 66.7 Å². The van der Waals surface area contributed by atoms with E-state index >= 15 is 0 Å². The summed E-state index contributed by atoms with van der Waals surface area (Å²) < 4.78 is 5.84. The Morgan fingerprint density at radius 3 is 2.55 bits per heavy atom. The lowest BCUT2D eigenvalue weighted by Gasteiger charge is -2.30. The summed E-state index contributed by atoms with van der Waals surface area (Å²) in [5.74, 6) is 0.531. The van der Waals surface area contributed by atoms with Crippen molar-refractivity contribution in [1.29, 1.82) is 0 Å². The number of halogens is 2. The second kappa shape index (κ2) is 9.60. The highest BCUT2D eigenvalue weighted by atomic mass is 35.5. The molecule has 162 valence electrons. The van der Waals surface area contributed by atoms with E-state index in [2.05, 4.69) is 0 Å². The molecule has 0 atom stereocenters. The molecule has 1 heterocycles. The van der Waals surface area contributed by atoms with Gasteiger partial charge >= 0.3 is 0 Å². The molecular formula is C24H24Cl2N2O2S. The van der Waals surface area contributed by atoms with E-state index in [1.54, 1.807) is 15.9 Å². The maximum Gasteiger partial charge on any atom is 0.277 e. The van der Waals surface area contributed by atoms with E-state index in [0.29, 0.717) is 33.2 Å². The van der Waals surface area contributed by atoms with Crippen LogP contribution in [0, 0.1) is 0 Å². The number of thiocarbonyl (C=S) groups is 1. The van der Waals surface area contributed by atoms with Crippen molar-refractivity contribution in [3.8, 4) is 5.75 Å². The molecule has 1 saturated heterocycles. The summed E-state index contributed by atoms with van der Waals surface area (Å²) in [6.45, 7) is 0.325. The van der Waals surface area contributed by atoms with E-state index in [9.17, 15) is 4.79 Å².